The molecule has 2 aliphatic heterocycles. The number of carbonyl (C=O) groups is 1. The second-order valence-electron chi connectivity index (χ2n) is 6.26. The molecule has 25 heavy (non-hydrogen) atoms. The van der Waals surface area contributed by atoms with Crippen molar-refractivity contribution >= 4 is 17.4 Å². The van der Waals surface area contributed by atoms with Crippen LogP contribution in [0.25, 0.3) is 11.4 Å². The Morgan fingerprint density at radius 2 is 2.12 bits per heavy atom. The van der Waals surface area contributed by atoms with Gasteiger partial charge in [-0.25, -0.2) is 9.97 Å². The smallest absolute Gasteiger partial charge is 0.365 e. The second-order valence-corrected chi connectivity index (χ2v) is 6.26. The number of hydrogen-bond donors (Lipinski definition) is 0. The van der Waals surface area contributed by atoms with Gasteiger partial charge < -0.3 is 4.90 Å². The molecule has 5 nitrogen and oxygen atoms in total. The van der Waals surface area contributed by atoms with Gasteiger partial charge in [0.25, 0.3) is 0 Å². The topological polar surface area (TPSA) is 49.3 Å². The van der Waals surface area contributed by atoms with Crippen LogP contribution < -0.4 is 9.80 Å². The molecule has 0 spiro atoms. The van der Waals surface area contributed by atoms with Crippen molar-refractivity contribution in [3.8, 4) is 11.4 Å². The molecule has 2 aliphatic rings. The molecular weight excluding hydrogens is 333 g/mol. The highest BCUT2D eigenvalue weighted by molar-refractivity contribution is 5.96. The highest BCUT2D eigenvalue weighted by Gasteiger charge is 2.39. The molecule has 1 aromatic heterocycles. The molecule has 4 rings (SSSR count). The summed E-state index contributed by atoms with van der Waals surface area (Å²) in [6, 6.07) is 4.95. The number of anilines is 2. The van der Waals surface area contributed by atoms with Gasteiger partial charge in [-0.2, -0.15) is 13.2 Å². The van der Waals surface area contributed by atoms with Crippen LogP contribution in [0, 0.1) is 0 Å². The molecular formula is C17H15F3N4O. The third-order valence-electron chi connectivity index (χ3n) is 4.63. The second kappa shape index (κ2) is 5.44. The van der Waals surface area contributed by atoms with Gasteiger partial charge in [0.05, 0.1) is 23.5 Å². The summed E-state index contributed by atoms with van der Waals surface area (Å²) >= 11 is 0. The van der Waals surface area contributed by atoms with Gasteiger partial charge in [-0.15, -0.1) is 0 Å². The van der Waals surface area contributed by atoms with Crippen LogP contribution in [-0.4, -0.2) is 35.0 Å². The summed E-state index contributed by atoms with van der Waals surface area (Å²) in [7, 11) is 0. The maximum absolute atomic E-state index is 12.9. The summed E-state index contributed by atoms with van der Waals surface area (Å²) in [6.07, 6.45) is -2.00. The highest BCUT2D eigenvalue weighted by Crippen LogP contribution is 2.39. The van der Waals surface area contributed by atoms with Crippen LogP contribution in [0.2, 0.25) is 0 Å². The van der Waals surface area contributed by atoms with Crippen LogP contribution in [0.15, 0.2) is 30.5 Å². The van der Waals surface area contributed by atoms with Crippen LogP contribution in [0.3, 0.4) is 0 Å². The fourth-order valence-corrected chi connectivity index (χ4v) is 3.49. The Balaban J connectivity index is 1.81. The number of hydrogen-bond acceptors (Lipinski definition) is 4. The van der Waals surface area contributed by atoms with Crippen LogP contribution in [0.5, 0.6) is 0 Å². The van der Waals surface area contributed by atoms with Crippen LogP contribution in [-0.2, 0) is 11.0 Å². The van der Waals surface area contributed by atoms with Gasteiger partial charge in [-0.3, -0.25) is 9.69 Å². The lowest BCUT2D eigenvalue weighted by molar-refractivity contribution is -0.137. The van der Waals surface area contributed by atoms with Gasteiger partial charge >= 0.3 is 6.18 Å². The highest BCUT2D eigenvalue weighted by atomic mass is 19.4. The molecule has 0 radical (unpaired) electrons. The number of rotatable bonds is 1. The van der Waals surface area contributed by atoms with E-state index in [-0.39, 0.29) is 23.3 Å². The number of amides is 1. The first-order valence-electron chi connectivity index (χ1n) is 7.94. The van der Waals surface area contributed by atoms with Crippen molar-refractivity contribution in [2.24, 2.45) is 0 Å². The Labute approximate surface area is 142 Å². The van der Waals surface area contributed by atoms with E-state index in [0.29, 0.717) is 5.82 Å². The van der Waals surface area contributed by atoms with Crippen LogP contribution in [0.4, 0.5) is 24.7 Å². The van der Waals surface area contributed by atoms with Crippen molar-refractivity contribution in [2.45, 2.75) is 25.6 Å². The molecule has 1 saturated heterocycles. The minimum absolute atomic E-state index is 0.0502. The predicted molar refractivity (Wildman–Crippen MR) is 86.2 cm³/mol. The van der Waals surface area contributed by atoms with E-state index in [4.69, 9.17) is 0 Å². The molecule has 3 heterocycles. The van der Waals surface area contributed by atoms with Crippen molar-refractivity contribution < 1.29 is 18.0 Å². The minimum atomic E-state index is -4.43. The summed E-state index contributed by atoms with van der Waals surface area (Å²) in [5, 5.41) is 0. The average molecular weight is 348 g/mol. The maximum atomic E-state index is 12.9. The van der Waals surface area contributed by atoms with E-state index >= 15 is 0 Å². The van der Waals surface area contributed by atoms with E-state index < -0.39 is 11.7 Å². The zero-order valence-corrected chi connectivity index (χ0v) is 13.4. The fraction of sp³-hybridized carbons (Fsp3) is 0.353. The molecule has 1 atom stereocenters. The molecule has 2 aromatic rings. The molecule has 0 aliphatic carbocycles. The SMILES string of the molecule is CC(=O)N1c2nc(-c3cccc(C(F)(F)F)c3)ncc2N2CCC1C2. The number of fused-ring (bicyclic) bond motifs is 4. The molecule has 0 saturated carbocycles. The number of alkyl halides is 3. The molecule has 8 heteroatoms. The predicted octanol–water partition coefficient (Wildman–Crippen LogP) is 3.11. The number of aromatic nitrogens is 2. The van der Waals surface area contributed by atoms with Crippen molar-refractivity contribution in [1.82, 2.24) is 9.97 Å². The van der Waals surface area contributed by atoms with Crippen LogP contribution in [0.1, 0.15) is 18.9 Å². The Bertz CT molecular complexity index is 852. The Hall–Kier alpha value is -2.64. The largest absolute Gasteiger partial charge is 0.416 e. The number of carbonyl (C=O) groups excluding carboxylic acids is 1. The summed E-state index contributed by atoms with van der Waals surface area (Å²) in [4.78, 5) is 24.5. The normalized spacial score (nSPS) is 19.1. The zero-order chi connectivity index (χ0) is 17.8. The maximum Gasteiger partial charge on any atom is 0.416 e. The molecule has 1 aromatic carbocycles. The zero-order valence-electron chi connectivity index (χ0n) is 13.4. The van der Waals surface area contributed by atoms with Gasteiger partial charge in [0.15, 0.2) is 11.6 Å². The van der Waals surface area contributed by atoms with Crippen LogP contribution >= 0.6 is 0 Å². The quantitative estimate of drug-likeness (QED) is 0.795. The monoisotopic (exact) mass is 348 g/mol. The van der Waals surface area contributed by atoms with E-state index in [0.717, 1.165) is 37.3 Å². The van der Waals surface area contributed by atoms with Gasteiger partial charge in [-0.05, 0) is 18.6 Å². The molecule has 130 valence electrons. The van der Waals surface area contributed by atoms with Crippen molar-refractivity contribution in [3.05, 3.63) is 36.0 Å². The lowest BCUT2D eigenvalue weighted by atomic mass is 10.1. The third kappa shape index (κ3) is 2.61. The molecule has 1 fully saturated rings. The summed E-state index contributed by atoms with van der Waals surface area (Å²) in [6.45, 7) is 3.02. The molecule has 0 N–H and O–H groups in total. The Morgan fingerprint density at radius 3 is 2.84 bits per heavy atom. The van der Waals surface area contributed by atoms with Gasteiger partial charge in [-0.1, -0.05) is 12.1 Å². The minimum Gasteiger partial charge on any atom is -0.365 e. The summed E-state index contributed by atoms with van der Waals surface area (Å²) < 4.78 is 38.8. The standard InChI is InChI=1S/C17H15F3N4O/c1-10(25)24-13-5-6-23(9-13)14-8-21-15(22-16(14)24)11-3-2-4-12(7-11)17(18,19)20/h2-4,7-8,13H,5-6,9H2,1H3. The fourth-order valence-electron chi connectivity index (χ4n) is 3.49. The van der Waals surface area contributed by atoms with Gasteiger partial charge in [0, 0.05) is 25.6 Å². The molecule has 2 bridgehead atoms. The summed E-state index contributed by atoms with van der Waals surface area (Å²) in [5.74, 6) is 0.531. The van der Waals surface area contributed by atoms with E-state index in [1.165, 1.54) is 19.1 Å². The molecule has 1 amide bonds. The van der Waals surface area contributed by atoms with E-state index in [1.807, 2.05) is 0 Å². The third-order valence-corrected chi connectivity index (χ3v) is 4.63. The summed E-state index contributed by atoms with van der Waals surface area (Å²) in [5.41, 5.74) is 0.271. The number of halogens is 3. The van der Waals surface area contributed by atoms with Crippen molar-refractivity contribution in [3.63, 3.8) is 0 Å². The lowest BCUT2D eigenvalue weighted by Crippen LogP contribution is -2.45. The van der Waals surface area contributed by atoms with E-state index in [1.54, 1.807) is 11.1 Å². The van der Waals surface area contributed by atoms with Crippen molar-refractivity contribution in [2.75, 3.05) is 22.9 Å². The first-order valence-corrected chi connectivity index (χ1v) is 7.94. The van der Waals surface area contributed by atoms with E-state index in [9.17, 15) is 18.0 Å². The number of benzene rings is 1. The Kier molecular flexibility index (Phi) is 3.45. The van der Waals surface area contributed by atoms with E-state index in [2.05, 4.69) is 14.9 Å². The lowest BCUT2D eigenvalue weighted by Gasteiger charge is -2.35. The Morgan fingerprint density at radius 1 is 1.32 bits per heavy atom. The first kappa shape index (κ1) is 15.9. The van der Waals surface area contributed by atoms with Crippen molar-refractivity contribution in [1.29, 1.82) is 0 Å². The first-order chi connectivity index (χ1) is 11.8. The average Bonchev–Trinajstić information content (AvgIpc) is 2.98. The van der Waals surface area contributed by atoms with Gasteiger partial charge in [0.1, 0.15) is 0 Å². The molecule has 1 unspecified atom stereocenters. The van der Waals surface area contributed by atoms with Gasteiger partial charge in [0.2, 0.25) is 5.91 Å². The number of nitrogens with zero attached hydrogens (tertiary/aromatic N) is 4.